The summed E-state index contributed by atoms with van der Waals surface area (Å²) in [4.78, 5) is 11.1. The maximum Gasteiger partial charge on any atom is 0.351 e. The largest absolute Gasteiger partial charge is 0.461 e. The topological polar surface area (TPSA) is 50.7 Å². The van der Waals surface area contributed by atoms with Gasteiger partial charge in [-0.15, -0.1) is 0 Å². The molecule has 86 valence electrons. The average molecular weight is 220 g/mol. The molecule has 0 unspecified atom stereocenters. The Morgan fingerprint density at radius 2 is 2.19 bits per heavy atom. The van der Waals surface area contributed by atoms with E-state index < -0.39 is 5.97 Å². The van der Waals surface area contributed by atoms with Crippen molar-refractivity contribution in [1.29, 1.82) is 0 Å². The molecule has 0 aromatic heterocycles. The Morgan fingerprint density at radius 1 is 1.44 bits per heavy atom. The predicted octanol–water partition coefficient (Wildman–Crippen LogP) is 2.43. The monoisotopic (exact) mass is 220 g/mol. The molecule has 0 fully saturated rings. The van der Waals surface area contributed by atoms with Crippen LogP contribution in [0.4, 0.5) is 5.69 Å². The molecule has 0 atom stereocenters. The van der Waals surface area contributed by atoms with Crippen LogP contribution in [-0.4, -0.2) is 18.8 Å². The second-order valence-corrected chi connectivity index (χ2v) is 3.26. The number of nitrogens with one attached hydrogen (secondary N) is 1. The number of unbranched alkanes of at least 4 members (excludes halogenated alkanes) is 1. The third-order valence-electron chi connectivity index (χ3n) is 1.88. The Balaban J connectivity index is 2.24. The fraction of sp³-hybridized carbons (Fsp3) is 0.333. The van der Waals surface area contributed by atoms with E-state index in [-0.39, 0.29) is 0 Å². The molecule has 0 spiro atoms. The lowest BCUT2D eigenvalue weighted by Crippen LogP contribution is -2.07. The van der Waals surface area contributed by atoms with Crippen molar-refractivity contribution in [1.82, 2.24) is 0 Å². The Labute approximate surface area is 95.3 Å². The van der Waals surface area contributed by atoms with E-state index in [9.17, 15) is 4.79 Å². The zero-order valence-electron chi connectivity index (χ0n) is 9.35. The molecule has 1 N–H and O–H groups in total. The van der Waals surface area contributed by atoms with Crippen LogP contribution in [0, 0.1) is 0 Å². The van der Waals surface area contributed by atoms with Gasteiger partial charge < -0.3 is 4.74 Å². The number of anilines is 1. The number of carbonyl (C=O) groups excluding carboxylic acids is 1. The fourth-order valence-corrected chi connectivity index (χ4v) is 1.03. The van der Waals surface area contributed by atoms with E-state index in [0.29, 0.717) is 6.61 Å². The van der Waals surface area contributed by atoms with Crippen molar-refractivity contribution in [3.63, 3.8) is 0 Å². The Bertz CT molecular complexity index is 336. The van der Waals surface area contributed by atoms with Crippen LogP contribution in [0.25, 0.3) is 0 Å². The molecule has 1 rings (SSSR count). The first-order valence-electron chi connectivity index (χ1n) is 5.34. The number of hydrazone groups is 1. The van der Waals surface area contributed by atoms with Crippen molar-refractivity contribution < 1.29 is 9.53 Å². The number of hydrogen-bond donors (Lipinski definition) is 1. The van der Waals surface area contributed by atoms with Crippen molar-refractivity contribution in [2.45, 2.75) is 19.8 Å². The normalized spacial score (nSPS) is 10.3. The molecule has 0 radical (unpaired) electrons. The summed E-state index contributed by atoms with van der Waals surface area (Å²) in [5.74, 6) is -0.420. The second-order valence-electron chi connectivity index (χ2n) is 3.26. The van der Waals surface area contributed by atoms with Gasteiger partial charge in [-0.2, -0.15) is 5.10 Å². The highest BCUT2D eigenvalue weighted by molar-refractivity contribution is 6.23. The Kier molecular flexibility index (Phi) is 5.70. The van der Waals surface area contributed by atoms with Crippen LogP contribution in [0.1, 0.15) is 19.8 Å². The number of nitrogens with zero attached hydrogens (tertiary/aromatic N) is 1. The highest BCUT2D eigenvalue weighted by Crippen LogP contribution is 2.03. The Morgan fingerprint density at radius 3 is 2.88 bits per heavy atom. The van der Waals surface area contributed by atoms with Gasteiger partial charge in [-0.05, 0) is 18.6 Å². The lowest BCUT2D eigenvalue weighted by Gasteiger charge is -2.00. The van der Waals surface area contributed by atoms with Crippen molar-refractivity contribution in [3.05, 3.63) is 30.3 Å². The predicted molar refractivity (Wildman–Crippen MR) is 64.4 cm³/mol. The summed E-state index contributed by atoms with van der Waals surface area (Å²) >= 11 is 0. The van der Waals surface area contributed by atoms with Crippen LogP contribution in [0.5, 0.6) is 0 Å². The minimum absolute atomic E-state index is 0.420. The lowest BCUT2D eigenvalue weighted by molar-refractivity contribution is -0.135. The summed E-state index contributed by atoms with van der Waals surface area (Å²) < 4.78 is 4.89. The maximum atomic E-state index is 11.1. The van der Waals surface area contributed by atoms with Crippen LogP contribution < -0.4 is 5.43 Å². The van der Waals surface area contributed by atoms with Gasteiger partial charge >= 0.3 is 5.97 Å². The average Bonchev–Trinajstić information content (AvgIpc) is 2.31. The molecule has 1 aromatic rings. The van der Waals surface area contributed by atoms with Crippen LogP contribution >= 0.6 is 0 Å². The minimum atomic E-state index is -0.420. The number of hydrogen-bond acceptors (Lipinski definition) is 4. The standard InChI is InChI=1S/C12H16N2O2/c1-2-3-9-16-12(15)10-13-14-11-7-5-4-6-8-11/h4-8,10,14H,2-3,9H2,1H3. The first kappa shape index (κ1) is 12.2. The number of benzene rings is 1. The highest BCUT2D eigenvalue weighted by Gasteiger charge is 1.96. The first-order chi connectivity index (χ1) is 7.83. The fourth-order valence-electron chi connectivity index (χ4n) is 1.03. The third kappa shape index (κ3) is 5.14. The molecule has 0 bridgehead atoms. The molecule has 0 saturated heterocycles. The molecular weight excluding hydrogens is 204 g/mol. The van der Waals surface area contributed by atoms with Gasteiger partial charge in [0.25, 0.3) is 0 Å². The summed E-state index contributed by atoms with van der Waals surface area (Å²) in [7, 11) is 0. The third-order valence-corrected chi connectivity index (χ3v) is 1.88. The van der Waals surface area contributed by atoms with Crippen molar-refractivity contribution in [2.24, 2.45) is 5.10 Å². The molecule has 0 amide bonds. The van der Waals surface area contributed by atoms with E-state index in [1.54, 1.807) is 0 Å². The highest BCUT2D eigenvalue weighted by atomic mass is 16.5. The molecule has 0 aliphatic heterocycles. The van der Waals surface area contributed by atoms with Crippen LogP contribution in [-0.2, 0) is 9.53 Å². The van der Waals surface area contributed by atoms with Crippen molar-refractivity contribution in [3.8, 4) is 0 Å². The van der Waals surface area contributed by atoms with Gasteiger partial charge in [0, 0.05) is 0 Å². The molecule has 0 heterocycles. The summed E-state index contributed by atoms with van der Waals surface area (Å²) in [6.07, 6.45) is 3.03. The Hall–Kier alpha value is -1.84. The van der Waals surface area contributed by atoms with E-state index >= 15 is 0 Å². The summed E-state index contributed by atoms with van der Waals surface area (Å²) in [6.45, 7) is 2.49. The van der Waals surface area contributed by atoms with Crippen LogP contribution in [0.15, 0.2) is 35.4 Å². The minimum Gasteiger partial charge on any atom is -0.461 e. The quantitative estimate of drug-likeness (QED) is 0.346. The van der Waals surface area contributed by atoms with Gasteiger partial charge in [0.05, 0.1) is 12.3 Å². The van der Waals surface area contributed by atoms with E-state index in [4.69, 9.17) is 4.74 Å². The molecule has 0 aliphatic carbocycles. The molecule has 0 saturated carbocycles. The number of carbonyl (C=O) groups is 1. The van der Waals surface area contributed by atoms with Gasteiger partial charge in [0.2, 0.25) is 0 Å². The molecule has 0 aliphatic rings. The SMILES string of the molecule is CCCCOC(=O)C=NNc1ccccc1. The molecule has 1 aromatic carbocycles. The van der Waals surface area contributed by atoms with Gasteiger partial charge in [0.15, 0.2) is 0 Å². The van der Waals surface area contributed by atoms with Crippen molar-refractivity contribution in [2.75, 3.05) is 12.0 Å². The second kappa shape index (κ2) is 7.45. The first-order valence-corrected chi connectivity index (χ1v) is 5.34. The maximum absolute atomic E-state index is 11.1. The number of rotatable bonds is 6. The number of ether oxygens (including phenoxy) is 1. The molecule has 4 nitrogen and oxygen atoms in total. The van der Waals surface area contributed by atoms with Gasteiger partial charge in [-0.3, -0.25) is 5.43 Å². The summed E-state index contributed by atoms with van der Waals surface area (Å²) in [5.41, 5.74) is 3.57. The number of esters is 1. The zero-order chi connectivity index (χ0) is 11.6. The zero-order valence-corrected chi connectivity index (χ0v) is 9.35. The van der Waals surface area contributed by atoms with Crippen LogP contribution in [0.2, 0.25) is 0 Å². The smallest absolute Gasteiger partial charge is 0.351 e. The van der Waals surface area contributed by atoms with E-state index in [1.807, 2.05) is 37.3 Å². The lowest BCUT2D eigenvalue weighted by atomic mass is 10.3. The van der Waals surface area contributed by atoms with E-state index in [0.717, 1.165) is 24.7 Å². The van der Waals surface area contributed by atoms with E-state index in [1.165, 1.54) is 0 Å². The van der Waals surface area contributed by atoms with Gasteiger partial charge in [0.1, 0.15) is 6.21 Å². The molecule has 16 heavy (non-hydrogen) atoms. The molecular formula is C12H16N2O2. The number of para-hydroxylation sites is 1. The summed E-state index contributed by atoms with van der Waals surface area (Å²) in [6, 6.07) is 9.41. The van der Waals surface area contributed by atoms with Crippen LogP contribution in [0.3, 0.4) is 0 Å². The molecule has 4 heteroatoms. The van der Waals surface area contributed by atoms with Crippen molar-refractivity contribution >= 4 is 17.9 Å². The van der Waals surface area contributed by atoms with Gasteiger partial charge in [-0.1, -0.05) is 31.5 Å². The summed E-state index contributed by atoms with van der Waals surface area (Å²) in [5, 5.41) is 3.77. The van der Waals surface area contributed by atoms with E-state index in [2.05, 4.69) is 10.5 Å². The van der Waals surface area contributed by atoms with Gasteiger partial charge in [-0.25, -0.2) is 4.79 Å².